The van der Waals surface area contributed by atoms with E-state index < -0.39 is 0 Å². The summed E-state index contributed by atoms with van der Waals surface area (Å²) in [6.07, 6.45) is 7.84. The standard InChI is InChI=1S/C12H18N2S/c13-8-12(4-5-12)6-11-14-10(7-15-11)9-2-1-3-9/h7,9H,1-6,8,13H2. The van der Waals surface area contributed by atoms with Gasteiger partial charge in [0.1, 0.15) is 0 Å². The summed E-state index contributed by atoms with van der Waals surface area (Å²) >= 11 is 1.84. The lowest BCUT2D eigenvalue weighted by atomic mass is 9.83. The molecule has 2 saturated carbocycles. The quantitative estimate of drug-likeness (QED) is 0.850. The molecule has 0 unspecified atom stereocenters. The highest BCUT2D eigenvalue weighted by Gasteiger charge is 2.41. The van der Waals surface area contributed by atoms with E-state index in [1.807, 2.05) is 11.3 Å². The number of rotatable bonds is 4. The van der Waals surface area contributed by atoms with Crippen molar-refractivity contribution in [2.45, 2.75) is 44.4 Å². The monoisotopic (exact) mass is 222 g/mol. The number of hydrogen-bond acceptors (Lipinski definition) is 3. The van der Waals surface area contributed by atoms with Gasteiger partial charge >= 0.3 is 0 Å². The Morgan fingerprint density at radius 2 is 2.27 bits per heavy atom. The van der Waals surface area contributed by atoms with E-state index in [0.29, 0.717) is 5.41 Å². The first-order valence-electron chi connectivity index (χ1n) is 5.96. The highest BCUT2D eigenvalue weighted by molar-refractivity contribution is 7.09. The predicted octanol–water partition coefficient (Wildman–Crippen LogP) is 2.69. The van der Waals surface area contributed by atoms with Gasteiger partial charge in [0.15, 0.2) is 0 Å². The molecule has 1 heterocycles. The molecule has 0 atom stereocenters. The minimum atomic E-state index is 0.439. The highest BCUT2D eigenvalue weighted by Crippen LogP contribution is 2.48. The van der Waals surface area contributed by atoms with E-state index in [1.165, 1.54) is 42.8 Å². The molecule has 3 rings (SSSR count). The molecule has 2 nitrogen and oxygen atoms in total. The first kappa shape index (κ1) is 9.79. The van der Waals surface area contributed by atoms with E-state index in [-0.39, 0.29) is 0 Å². The largest absolute Gasteiger partial charge is 0.330 e. The zero-order chi connectivity index (χ0) is 10.3. The molecule has 0 aliphatic heterocycles. The van der Waals surface area contributed by atoms with Crippen molar-refractivity contribution < 1.29 is 0 Å². The summed E-state index contributed by atoms with van der Waals surface area (Å²) < 4.78 is 0. The lowest BCUT2D eigenvalue weighted by Crippen LogP contribution is -2.18. The van der Waals surface area contributed by atoms with Crippen molar-refractivity contribution >= 4 is 11.3 Å². The summed E-state index contributed by atoms with van der Waals surface area (Å²) in [6, 6.07) is 0. The molecule has 2 aliphatic rings. The van der Waals surface area contributed by atoms with Crippen LogP contribution in [-0.4, -0.2) is 11.5 Å². The maximum Gasteiger partial charge on any atom is 0.0934 e. The van der Waals surface area contributed by atoms with Crippen LogP contribution >= 0.6 is 11.3 Å². The number of aromatic nitrogens is 1. The Morgan fingerprint density at radius 1 is 1.47 bits per heavy atom. The van der Waals surface area contributed by atoms with Crippen LogP contribution in [0.25, 0.3) is 0 Å². The average Bonchev–Trinajstić information content (AvgIpc) is 2.79. The van der Waals surface area contributed by atoms with Crippen LogP contribution in [0.2, 0.25) is 0 Å². The summed E-state index contributed by atoms with van der Waals surface area (Å²) in [7, 11) is 0. The number of thiazole rings is 1. The van der Waals surface area contributed by atoms with E-state index in [9.17, 15) is 0 Å². The van der Waals surface area contributed by atoms with Crippen molar-refractivity contribution in [3.8, 4) is 0 Å². The molecule has 2 N–H and O–H groups in total. The van der Waals surface area contributed by atoms with E-state index in [0.717, 1.165) is 18.9 Å². The molecule has 0 saturated heterocycles. The molecular formula is C12H18N2S. The molecule has 0 spiro atoms. The van der Waals surface area contributed by atoms with Gasteiger partial charge in [0, 0.05) is 17.7 Å². The summed E-state index contributed by atoms with van der Waals surface area (Å²) in [5, 5.41) is 3.59. The second kappa shape index (κ2) is 3.56. The van der Waals surface area contributed by atoms with Crippen LogP contribution in [0.1, 0.15) is 48.7 Å². The number of nitrogens with two attached hydrogens (primary N) is 1. The SMILES string of the molecule is NCC1(Cc2nc(C3CCC3)cs2)CC1. The van der Waals surface area contributed by atoms with Crippen molar-refractivity contribution in [3.05, 3.63) is 16.1 Å². The molecule has 2 aliphatic carbocycles. The van der Waals surface area contributed by atoms with Gasteiger partial charge in [-0.3, -0.25) is 0 Å². The van der Waals surface area contributed by atoms with Crippen LogP contribution in [0.4, 0.5) is 0 Å². The van der Waals surface area contributed by atoms with Crippen molar-refractivity contribution in [1.29, 1.82) is 0 Å². The topological polar surface area (TPSA) is 38.9 Å². The first-order chi connectivity index (χ1) is 7.31. The molecular weight excluding hydrogens is 204 g/mol. The number of nitrogens with zero attached hydrogens (tertiary/aromatic N) is 1. The van der Waals surface area contributed by atoms with Crippen molar-refractivity contribution in [1.82, 2.24) is 4.98 Å². The van der Waals surface area contributed by atoms with Gasteiger partial charge in [-0.05, 0) is 37.6 Å². The maximum absolute atomic E-state index is 5.80. The summed E-state index contributed by atoms with van der Waals surface area (Å²) in [5.41, 5.74) is 7.59. The van der Waals surface area contributed by atoms with E-state index >= 15 is 0 Å². The molecule has 15 heavy (non-hydrogen) atoms. The first-order valence-corrected chi connectivity index (χ1v) is 6.84. The van der Waals surface area contributed by atoms with Crippen molar-refractivity contribution in [2.24, 2.45) is 11.1 Å². The van der Waals surface area contributed by atoms with Gasteiger partial charge in [0.05, 0.1) is 10.7 Å². The molecule has 0 bridgehead atoms. The molecule has 1 aromatic heterocycles. The second-order valence-corrected chi connectivity index (χ2v) is 6.12. The van der Waals surface area contributed by atoms with Crippen LogP contribution in [0.3, 0.4) is 0 Å². The highest BCUT2D eigenvalue weighted by atomic mass is 32.1. The molecule has 1 aromatic rings. The normalized spacial score (nSPS) is 23.8. The molecule has 3 heteroatoms. The van der Waals surface area contributed by atoms with Gasteiger partial charge in [0.2, 0.25) is 0 Å². The lowest BCUT2D eigenvalue weighted by Gasteiger charge is -2.23. The summed E-state index contributed by atoms with van der Waals surface area (Å²) in [5.74, 6) is 0.781. The summed E-state index contributed by atoms with van der Waals surface area (Å²) in [6.45, 7) is 0.839. The third-order valence-corrected chi connectivity index (χ3v) is 4.88. The Hall–Kier alpha value is -0.410. The van der Waals surface area contributed by atoms with Gasteiger partial charge in [-0.15, -0.1) is 11.3 Å². The van der Waals surface area contributed by atoms with Crippen LogP contribution in [0.5, 0.6) is 0 Å². The van der Waals surface area contributed by atoms with Crippen LogP contribution in [0, 0.1) is 5.41 Å². The van der Waals surface area contributed by atoms with Crippen LogP contribution in [0.15, 0.2) is 5.38 Å². The summed E-state index contributed by atoms with van der Waals surface area (Å²) in [4.78, 5) is 4.77. The maximum atomic E-state index is 5.80. The van der Waals surface area contributed by atoms with Gasteiger partial charge in [-0.25, -0.2) is 4.98 Å². The third-order valence-electron chi connectivity index (χ3n) is 4.01. The molecule has 2 fully saturated rings. The lowest BCUT2D eigenvalue weighted by molar-refractivity contribution is 0.411. The second-order valence-electron chi connectivity index (χ2n) is 5.17. The Morgan fingerprint density at radius 3 is 2.80 bits per heavy atom. The fraction of sp³-hybridized carbons (Fsp3) is 0.750. The van der Waals surface area contributed by atoms with Gasteiger partial charge in [0.25, 0.3) is 0 Å². The van der Waals surface area contributed by atoms with Crippen molar-refractivity contribution in [2.75, 3.05) is 6.54 Å². The minimum Gasteiger partial charge on any atom is -0.330 e. The fourth-order valence-corrected chi connectivity index (χ4v) is 3.30. The molecule has 0 aromatic carbocycles. The predicted molar refractivity (Wildman–Crippen MR) is 63.1 cm³/mol. The van der Waals surface area contributed by atoms with E-state index in [2.05, 4.69) is 5.38 Å². The zero-order valence-corrected chi connectivity index (χ0v) is 9.85. The van der Waals surface area contributed by atoms with Gasteiger partial charge in [-0.1, -0.05) is 6.42 Å². The smallest absolute Gasteiger partial charge is 0.0934 e. The van der Waals surface area contributed by atoms with E-state index in [4.69, 9.17) is 10.7 Å². The number of hydrogen-bond donors (Lipinski definition) is 1. The Kier molecular flexibility index (Phi) is 2.33. The van der Waals surface area contributed by atoms with Crippen LogP contribution < -0.4 is 5.73 Å². The molecule has 0 amide bonds. The van der Waals surface area contributed by atoms with E-state index in [1.54, 1.807) is 0 Å². The minimum absolute atomic E-state index is 0.439. The Balaban J connectivity index is 1.68. The fourth-order valence-electron chi connectivity index (χ4n) is 2.25. The molecule has 82 valence electrons. The average molecular weight is 222 g/mol. The van der Waals surface area contributed by atoms with Crippen LogP contribution in [-0.2, 0) is 6.42 Å². The van der Waals surface area contributed by atoms with Gasteiger partial charge < -0.3 is 5.73 Å². The molecule has 0 radical (unpaired) electrons. The Labute approximate surface area is 94.9 Å². The van der Waals surface area contributed by atoms with Gasteiger partial charge in [-0.2, -0.15) is 0 Å². The third kappa shape index (κ3) is 1.83. The van der Waals surface area contributed by atoms with Crippen molar-refractivity contribution in [3.63, 3.8) is 0 Å². The zero-order valence-electron chi connectivity index (χ0n) is 9.04. The Bertz CT molecular complexity index is 350.